The van der Waals surface area contributed by atoms with Gasteiger partial charge in [-0.1, -0.05) is 0 Å². The van der Waals surface area contributed by atoms with E-state index in [1.165, 1.54) is 0 Å². The molecule has 24 heavy (non-hydrogen) atoms. The Hall–Kier alpha value is -1.98. The van der Waals surface area contributed by atoms with Crippen molar-refractivity contribution in [2.75, 3.05) is 20.2 Å². The van der Waals surface area contributed by atoms with Gasteiger partial charge in [0, 0.05) is 32.4 Å². The Balaban J connectivity index is 2.01. The molecule has 6 heteroatoms. The minimum Gasteiger partial charge on any atom is -0.462 e. The normalized spacial score (nSPS) is 16.9. The van der Waals surface area contributed by atoms with Gasteiger partial charge in [-0.3, -0.25) is 0 Å². The molecule has 0 N–H and O–H groups in total. The summed E-state index contributed by atoms with van der Waals surface area (Å²) < 4.78 is 30.8. The fourth-order valence-electron chi connectivity index (χ4n) is 2.58. The Labute approximate surface area is 141 Å². The average molecular weight is 338 g/mol. The molecule has 0 atom stereocenters. The number of aliphatic imine (C=N–C) groups is 1. The first-order chi connectivity index (χ1) is 11.2. The molecule has 0 bridgehead atoms. The second-order valence-corrected chi connectivity index (χ2v) is 6.43. The summed E-state index contributed by atoms with van der Waals surface area (Å²) in [7, 11) is 1.93. The van der Waals surface area contributed by atoms with Gasteiger partial charge in [-0.05, 0) is 44.0 Å². The lowest BCUT2D eigenvalue weighted by atomic mass is 9.82. The highest BCUT2D eigenvalue weighted by molar-refractivity contribution is 5.92. The average Bonchev–Trinajstić information content (AvgIpc) is 2.51. The molecule has 1 fully saturated rings. The van der Waals surface area contributed by atoms with Crippen LogP contribution in [-0.2, 0) is 4.74 Å². The van der Waals surface area contributed by atoms with Crippen molar-refractivity contribution in [3.8, 4) is 0 Å². The molecular weight excluding hydrogens is 314 g/mol. The maximum atomic E-state index is 12.8. The van der Waals surface area contributed by atoms with Crippen LogP contribution in [0.1, 0.15) is 41.3 Å². The first-order valence-electron chi connectivity index (χ1n) is 8.13. The van der Waals surface area contributed by atoms with Crippen LogP contribution in [0.5, 0.6) is 0 Å². The number of ether oxygens (including phenoxy) is 1. The number of halogens is 2. The largest absolute Gasteiger partial charge is 0.462 e. The van der Waals surface area contributed by atoms with Gasteiger partial charge in [0.05, 0.1) is 24.2 Å². The summed E-state index contributed by atoms with van der Waals surface area (Å²) in [5, 5.41) is 0. The van der Waals surface area contributed by atoms with E-state index in [-0.39, 0.29) is 25.4 Å². The van der Waals surface area contributed by atoms with Crippen molar-refractivity contribution in [1.29, 1.82) is 0 Å². The molecule has 0 amide bonds. The molecule has 2 rings (SSSR count). The van der Waals surface area contributed by atoms with Crippen molar-refractivity contribution in [2.24, 2.45) is 10.9 Å². The first-order valence-corrected chi connectivity index (χ1v) is 8.13. The number of alkyl halides is 2. The fourth-order valence-corrected chi connectivity index (χ4v) is 2.58. The van der Waals surface area contributed by atoms with Crippen LogP contribution in [0.15, 0.2) is 17.1 Å². The molecule has 0 aromatic heterocycles. The van der Waals surface area contributed by atoms with Crippen LogP contribution in [0.25, 0.3) is 0 Å². The Morgan fingerprint density at radius 1 is 1.38 bits per heavy atom. The highest BCUT2D eigenvalue weighted by Gasteiger charge is 2.45. The smallest absolute Gasteiger partial charge is 0.338 e. The van der Waals surface area contributed by atoms with Crippen LogP contribution in [-0.4, -0.2) is 43.3 Å². The fraction of sp³-hybridized carbons (Fsp3) is 0.556. The van der Waals surface area contributed by atoms with Crippen LogP contribution >= 0.6 is 0 Å². The van der Waals surface area contributed by atoms with E-state index in [9.17, 15) is 13.6 Å². The van der Waals surface area contributed by atoms with Crippen molar-refractivity contribution in [3.63, 3.8) is 0 Å². The maximum absolute atomic E-state index is 12.8. The lowest BCUT2D eigenvalue weighted by molar-refractivity contribution is -0.122. The molecule has 1 aromatic carbocycles. The predicted octanol–water partition coefficient (Wildman–Crippen LogP) is 4.12. The Bertz CT molecular complexity index is 636. The van der Waals surface area contributed by atoms with Gasteiger partial charge in [0.25, 0.3) is 0 Å². The third kappa shape index (κ3) is 4.30. The van der Waals surface area contributed by atoms with E-state index >= 15 is 0 Å². The van der Waals surface area contributed by atoms with Gasteiger partial charge in [0.1, 0.15) is 0 Å². The van der Waals surface area contributed by atoms with Gasteiger partial charge in [-0.15, -0.1) is 0 Å². The Morgan fingerprint density at radius 2 is 2.04 bits per heavy atom. The quantitative estimate of drug-likeness (QED) is 0.445. The molecule has 0 spiro atoms. The molecule has 132 valence electrons. The molecule has 0 unspecified atom stereocenters. The van der Waals surface area contributed by atoms with E-state index in [1.54, 1.807) is 18.5 Å². The van der Waals surface area contributed by atoms with Crippen LogP contribution in [0.2, 0.25) is 0 Å². The zero-order chi connectivity index (χ0) is 17.9. The van der Waals surface area contributed by atoms with Gasteiger partial charge in [0.2, 0.25) is 5.92 Å². The lowest BCUT2D eigenvalue weighted by Crippen LogP contribution is -2.38. The molecule has 0 saturated heterocycles. The van der Waals surface area contributed by atoms with Crippen molar-refractivity contribution in [3.05, 3.63) is 28.8 Å². The highest BCUT2D eigenvalue weighted by Crippen LogP contribution is 2.42. The molecule has 1 saturated carbocycles. The molecule has 1 aliphatic carbocycles. The minimum absolute atomic E-state index is 0.0497. The van der Waals surface area contributed by atoms with E-state index < -0.39 is 11.9 Å². The number of hydrogen-bond donors (Lipinski definition) is 0. The molecule has 0 heterocycles. The second kappa shape index (κ2) is 7.28. The number of esters is 1. The van der Waals surface area contributed by atoms with Crippen molar-refractivity contribution < 1.29 is 18.3 Å². The molecule has 0 aliphatic heterocycles. The summed E-state index contributed by atoms with van der Waals surface area (Å²) in [5.41, 5.74) is 2.96. The third-order valence-corrected chi connectivity index (χ3v) is 4.50. The zero-order valence-electron chi connectivity index (χ0n) is 14.6. The van der Waals surface area contributed by atoms with Gasteiger partial charge in [-0.2, -0.15) is 0 Å². The summed E-state index contributed by atoms with van der Waals surface area (Å²) in [4.78, 5) is 18.6. The number of rotatable bonds is 6. The summed E-state index contributed by atoms with van der Waals surface area (Å²) in [5.74, 6) is -3.29. The van der Waals surface area contributed by atoms with Crippen molar-refractivity contribution in [2.45, 2.75) is 39.5 Å². The number of nitrogens with zero attached hydrogens (tertiary/aromatic N) is 2. The van der Waals surface area contributed by atoms with E-state index in [4.69, 9.17) is 4.74 Å². The third-order valence-electron chi connectivity index (χ3n) is 4.50. The molecular formula is C18H24F2N2O2. The standard InChI is InChI=1S/C18H24F2N2O2/c1-5-22(4)11-21-16-7-6-15(12(2)13(16)3)17(23)24-10-14-8-18(19,20)9-14/h6-7,11,14H,5,8-10H2,1-4H3. The Kier molecular flexibility index (Phi) is 5.57. The lowest BCUT2D eigenvalue weighted by Gasteiger charge is -2.34. The van der Waals surface area contributed by atoms with Crippen LogP contribution in [0.4, 0.5) is 14.5 Å². The van der Waals surface area contributed by atoms with Crippen molar-refractivity contribution in [1.82, 2.24) is 4.90 Å². The summed E-state index contributed by atoms with van der Waals surface area (Å²) in [6.45, 7) is 6.67. The monoisotopic (exact) mass is 338 g/mol. The van der Waals surface area contributed by atoms with E-state index in [0.717, 1.165) is 23.4 Å². The van der Waals surface area contributed by atoms with E-state index in [1.807, 2.05) is 32.7 Å². The van der Waals surface area contributed by atoms with Crippen LogP contribution < -0.4 is 0 Å². The summed E-state index contributed by atoms with van der Waals surface area (Å²) >= 11 is 0. The molecule has 1 aromatic rings. The number of benzene rings is 1. The predicted molar refractivity (Wildman–Crippen MR) is 90.3 cm³/mol. The van der Waals surface area contributed by atoms with E-state index in [0.29, 0.717) is 5.56 Å². The summed E-state index contributed by atoms with van der Waals surface area (Å²) in [6, 6.07) is 3.45. The topological polar surface area (TPSA) is 41.9 Å². The molecule has 0 radical (unpaired) electrons. The van der Waals surface area contributed by atoms with E-state index in [2.05, 4.69) is 4.99 Å². The minimum atomic E-state index is -2.59. The zero-order valence-corrected chi connectivity index (χ0v) is 14.6. The maximum Gasteiger partial charge on any atom is 0.338 e. The second-order valence-electron chi connectivity index (χ2n) is 6.43. The van der Waals surface area contributed by atoms with Gasteiger partial charge >= 0.3 is 5.97 Å². The SMILES string of the molecule is CCN(C)C=Nc1ccc(C(=O)OCC2CC(F)(F)C2)c(C)c1C. The highest BCUT2D eigenvalue weighted by atomic mass is 19.3. The molecule has 1 aliphatic rings. The number of hydrogen-bond acceptors (Lipinski definition) is 3. The molecule has 4 nitrogen and oxygen atoms in total. The Morgan fingerprint density at radius 3 is 2.62 bits per heavy atom. The number of carbonyl (C=O) groups is 1. The number of carbonyl (C=O) groups excluding carboxylic acids is 1. The summed E-state index contributed by atoms with van der Waals surface area (Å²) in [6.07, 6.45) is 1.35. The first kappa shape index (κ1) is 18.4. The van der Waals surface area contributed by atoms with Crippen LogP contribution in [0.3, 0.4) is 0 Å². The van der Waals surface area contributed by atoms with Gasteiger partial charge in [-0.25, -0.2) is 18.6 Å². The van der Waals surface area contributed by atoms with Gasteiger partial charge < -0.3 is 9.64 Å². The van der Waals surface area contributed by atoms with Gasteiger partial charge in [0.15, 0.2) is 0 Å². The van der Waals surface area contributed by atoms with Crippen molar-refractivity contribution >= 4 is 18.0 Å². The van der Waals surface area contributed by atoms with Crippen LogP contribution in [0, 0.1) is 19.8 Å².